The number of hydrogen-bond acceptors (Lipinski definition) is 8. The van der Waals surface area contributed by atoms with E-state index in [0.717, 1.165) is 13.1 Å². The molecular formula is C23H21FN6O4. The normalized spacial score (nSPS) is 14.0. The average molecular weight is 464 g/mol. The monoisotopic (exact) mass is 464 g/mol. The number of halogens is 1. The largest absolute Gasteiger partial charge is 0.416 e. The molecule has 34 heavy (non-hydrogen) atoms. The topological polar surface area (TPSA) is 119 Å². The number of nitrogens with one attached hydrogen (secondary N) is 1. The number of pyridine rings is 1. The first-order valence-electron chi connectivity index (χ1n) is 10.9. The predicted molar refractivity (Wildman–Crippen MR) is 124 cm³/mol. The molecule has 0 bridgehead atoms. The molecule has 2 aromatic heterocycles. The van der Waals surface area contributed by atoms with E-state index in [9.17, 15) is 14.9 Å². The van der Waals surface area contributed by atoms with Gasteiger partial charge in [0.05, 0.1) is 16.1 Å². The minimum absolute atomic E-state index is 0.00552. The number of benzene rings is 2. The summed E-state index contributed by atoms with van der Waals surface area (Å²) >= 11 is 0. The Morgan fingerprint density at radius 2 is 1.85 bits per heavy atom. The van der Waals surface area contributed by atoms with Gasteiger partial charge in [-0.3, -0.25) is 14.9 Å². The molecule has 0 radical (unpaired) electrons. The number of fused-ring (bicyclic) bond motifs is 1. The first-order valence-corrected chi connectivity index (χ1v) is 10.9. The Balaban J connectivity index is 1.57. The van der Waals surface area contributed by atoms with Gasteiger partial charge in [0.25, 0.3) is 11.6 Å². The Kier molecular flexibility index (Phi) is 5.54. The van der Waals surface area contributed by atoms with E-state index >= 15 is 4.39 Å². The van der Waals surface area contributed by atoms with Crippen molar-refractivity contribution < 1.29 is 13.7 Å². The highest BCUT2D eigenvalue weighted by Gasteiger charge is 2.21. The number of nitro benzene ring substituents is 1. The summed E-state index contributed by atoms with van der Waals surface area (Å²) in [7, 11) is 0. The quantitative estimate of drug-likeness (QED) is 0.353. The zero-order valence-electron chi connectivity index (χ0n) is 18.3. The molecule has 11 heteroatoms. The van der Waals surface area contributed by atoms with E-state index < -0.39 is 16.2 Å². The Morgan fingerprint density at radius 1 is 1.15 bits per heavy atom. The van der Waals surface area contributed by atoms with Crippen LogP contribution in [0.3, 0.4) is 0 Å². The molecule has 1 aliphatic rings. The third-order valence-electron chi connectivity index (χ3n) is 5.93. The van der Waals surface area contributed by atoms with Crippen LogP contribution in [0, 0.1) is 15.9 Å². The van der Waals surface area contributed by atoms with Crippen LogP contribution in [0.1, 0.15) is 6.92 Å². The summed E-state index contributed by atoms with van der Waals surface area (Å²) in [5.41, 5.74) is 1.26. The molecule has 5 rings (SSSR count). The molecule has 2 aromatic carbocycles. The van der Waals surface area contributed by atoms with Gasteiger partial charge in [-0.15, -0.1) is 10.2 Å². The number of nitrogens with zero attached hydrogens (tertiary/aromatic N) is 5. The Morgan fingerprint density at radius 3 is 2.53 bits per heavy atom. The van der Waals surface area contributed by atoms with Crippen LogP contribution in [-0.2, 0) is 6.54 Å². The number of rotatable bonds is 5. The lowest BCUT2D eigenvalue weighted by molar-refractivity contribution is -0.384. The van der Waals surface area contributed by atoms with Gasteiger partial charge in [0.15, 0.2) is 0 Å². The van der Waals surface area contributed by atoms with Gasteiger partial charge in [0, 0.05) is 62.0 Å². The summed E-state index contributed by atoms with van der Waals surface area (Å²) in [6, 6.07) is 8.65. The number of aromatic nitrogens is 3. The molecule has 0 atom stereocenters. The van der Waals surface area contributed by atoms with Crippen LogP contribution in [0.15, 0.2) is 51.8 Å². The van der Waals surface area contributed by atoms with Gasteiger partial charge in [-0.2, -0.15) is 0 Å². The highest BCUT2D eigenvalue weighted by molar-refractivity contribution is 5.86. The van der Waals surface area contributed by atoms with Gasteiger partial charge < -0.3 is 19.2 Å². The number of piperazine rings is 1. The second-order valence-corrected chi connectivity index (χ2v) is 7.93. The number of nitro groups is 1. The van der Waals surface area contributed by atoms with E-state index in [4.69, 9.17) is 4.42 Å². The van der Waals surface area contributed by atoms with E-state index in [1.165, 1.54) is 30.3 Å². The molecule has 4 aromatic rings. The third-order valence-corrected chi connectivity index (χ3v) is 5.93. The van der Waals surface area contributed by atoms with Crippen molar-refractivity contribution in [1.82, 2.24) is 20.1 Å². The lowest BCUT2D eigenvalue weighted by atomic mass is 10.1. The van der Waals surface area contributed by atoms with Gasteiger partial charge in [-0.1, -0.05) is 0 Å². The summed E-state index contributed by atoms with van der Waals surface area (Å²) < 4.78 is 22.6. The van der Waals surface area contributed by atoms with E-state index in [2.05, 4.69) is 15.5 Å². The lowest BCUT2D eigenvalue weighted by Gasteiger charge is -2.30. The van der Waals surface area contributed by atoms with E-state index in [1.54, 1.807) is 12.3 Å². The molecule has 1 fully saturated rings. The minimum atomic E-state index is -0.502. The minimum Gasteiger partial charge on any atom is -0.416 e. The van der Waals surface area contributed by atoms with Gasteiger partial charge in [-0.25, -0.2) is 4.39 Å². The molecular weight excluding hydrogens is 443 g/mol. The van der Waals surface area contributed by atoms with Crippen molar-refractivity contribution in [3.05, 3.63) is 68.7 Å². The van der Waals surface area contributed by atoms with E-state index in [1.807, 2.05) is 16.4 Å². The van der Waals surface area contributed by atoms with Crippen LogP contribution in [0.4, 0.5) is 15.8 Å². The zero-order chi connectivity index (χ0) is 23.8. The van der Waals surface area contributed by atoms with Crippen molar-refractivity contribution in [3.63, 3.8) is 0 Å². The van der Waals surface area contributed by atoms with Crippen LogP contribution >= 0.6 is 0 Å². The van der Waals surface area contributed by atoms with Crippen molar-refractivity contribution in [2.24, 2.45) is 0 Å². The maximum absolute atomic E-state index is 15.1. The maximum atomic E-state index is 15.1. The van der Waals surface area contributed by atoms with E-state index in [-0.39, 0.29) is 28.4 Å². The number of aryl methyl sites for hydroxylation is 1. The second-order valence-electron chi connectivity index (χ2n) is 7.93. The van der Waals surface area contributed by atoms with Gasteiger partial charge in [-0.05, 0) is 31.2 Å². The van der Waals surface area contributed by atoms with Gasteiger partial charge in [0.2, 0.25) is 11.3 Å². The Hall–Kier alpha value is -4.12. The third kappa shape index (κ3) is 3.79. The van der Waals surface area contributed by atoms with Crippen LogP contribution in [0.25, 0.3) is 33.8 Å². The van der Waals surface area contributed by atoms with Crippen LogP contribution < -0.4 is 15.6 Å². The first-order chi connectivity index (χ1) is 16.5. The zero-order valence-corrected chi connectivity index (χ0v) is 18.3. The molecule has 0 spiro atoms. The number of anilines is 1. The standard InChI is InChI=1S/C23H21FN6O4/c1-2-28-13-17(23-27-26-22(34-23)14-3-5-15(6-4-14)30(32)33)21(31)16-11-18(24)20(12-19(16)28)29-9-7-25-8-10-29/h3-6,11-13,25H,2,7-10H2,1H3. The van der Waals surface area contributed by atoms with E-state index in [0.29, 0.717) is 36.4 Å². The summed E-state index contributed by atoms with van der Waals surface area (Å²) in [6.07, 6.45) is 1.64. The van der Waals surface area contributed by atoms with Gasteiger partial charge >= 0.3 is 0 Å². The molecule has 1 saturated heterocycles. The summed E-state index contributed by atoms with van der Waals surface area (Å²) in [6.45, 7) is 5.38. The highest BCUT2D eigenvalue weighted by Crippen LogP contribution is 2.29. The fourth-order valence-corrected chi connectivity index (χ4v) is 4.14. The first kappa shape index (κ1) is 21.7. The van der Waals surface area contributed by atoms with Crippen molar-refractivity contribution >= 4 is 22.3 Å². The fourth-order valence-electron chi connectivity index (χ4n) is 4.14. The molecule has 1 N–H and O–H groups in total. The van der Waals surface area contributed by atoms with Crippen molar-refractivity contribution in [3.8, 4) is 22.9 Å². The predicted octanol–water partition coefficient (Wildman–Crippen LogP) is 3.20. The van der Waals surface area contributed by atoms with Crippen molar-refractivity contribution in [1.29, 1.82) is 0 Å². The smallest absolute Gasteiger partial charge is 0.269 e. The summed E-state index contributed by atoms with van der Waals surface area (Å²) in [5, 5.41) is 22.3. The fraction of sp³-hybridized carbons (Fsp3) is 0.261. The molecule has 10 nitrogen and oxygen atoms in total. The number of non-ortho nitro benzene ring substituents is 1. The van der Waals surface area contributed by atoms with Crippen LogP contribution in [0.2, 0.25) is 0 Å². The van der Waals surface area contributed by atoms with Crippen molar-refractivity contribution in [2.45, 2.75) is 13.5 Å². The molecule has 1 aliphatic heterocycles. The van der Waals surface area contributed by atoms with Crippen molar-refractivity contribution in [2.75, 3.05) is 31.1 Å². The molecule has 3 heterocycles. The lowest BCUT2D eigenvalue weighted by Crippen LogP contribution is -2.43. The Bertz CT molecular complexity index is 1440. The van der Waals surface area contributed by atoms with Crippen LogP contribution in [-0.4, -0.2) is 45.9 Å². The second kappa shape index (κ2) is 8.67. The summed E-state index contributed by atoms with van der Waals surface area (Å²) in [4.78, 5) is 25.6. The Labute approximate surface area is 192 Å². The molecule has 174 valence electrons. The molecule has 0 unspecified atom stereocenters. The molecule has 0 amide bonds. The highest BCUT2D eigenvalue weighted by atomic mass is 19.1. The van der Waals surface area contributed by atoms with Gasteiger partial charge in [0.1, 0.15) is 11.4 Å². The molecule has 0 saturated carbocycles. The van der Waals surface area contributed by atoms with Crippen LogP contribution in [0.5, 0.6) is 0 Å². The number of hydrogen-bond donors (Lipinski definition) is 1. The molecule has 0 aliphatic carbocycles. The summed E-state index contributed by atoms with van der Waals surface area (Å²) in [5.74, 6) is -0.342. The maximum Gasteiger partial charge on any atom is 0.269 e. The SMILES string of the molecule is CCn1cc(-c2nnc(-c3ccc([N+](=O)[O-])cc3)o2)c(=O)c2cc(F)c(N3CCNCC3)cc21. The average Bonchev–Trinajstić information content (AvgIpc) is 3.35.